The van der Waals surface area contributed by atoms with E-state index in [-0.39, 0.29) is 4.90 Å². The van der Waals surface area contributed by atoms with E-state index in [1.54, 1.807) is 13.0 Å². The Morgan fingerprint density at radius 3 is 2.55 bits per heavy atom. The van der Waals surface area contributed by atoms with Crippen molar-refractivity contribution >= 4 is 37.3 Å². The Kier molecular flexibility index (Phi) is 4.56. The second kappa shape index (κ2) is 5.73. The van der Waals surface area contributed by atoms with Gasteiger partial charge in [-0.2, -0.15) is 9.98 Å². The highest BCUT2D eigenvalue weighted by Gasteiger charge is 2.38. The van der Waals surface area contributed by atoms with Gasteiger partial charge in [-0.15, -0.1) is 11.3 Å². The van der Waals surface area contributed by atoms with E-state index in [0.29, 0.717) is 30.8 Å². The van der Waals surface area contributed by atoms with E-state index in [1.165, 1.54) is 11.3 Å². The average Bonchev–Trinajstić information content (AvgIpc) is 2.72. The molecule has 0 atom stereocenters. The minimum absolute atomic E-state index is 0.253. The van der Waals surface area contributed by atoms with Gasteiger partial charge in [0.05, 0.1) is 14.8 Å². The molecule has 0 aliphatic carbocycles. The van der Waals surface area contributed by atoms with Crippen LogP contribution >= 0.6 is 27.3 Å². The molecule has 1 aromatic rings. The Hall–Kier alpha value is -0.460. The molecule has 0 radical (unpaired) electrons. The van der Waals surface area contributed by atoms with Crippen LogP contribution in [0.4, 0.5) is 0 Å². The molecule has 0 spiro atoms. The number of nitrogens with one attached hydrogen (secondary N) is 1. The van der Waals surface area contributed by atoms with E-state index in [2.05, 4.69) is 31.6 Å². The van der Waals surface area contributed by atoms with Crippen LogP contribution in [-0.2, 0) is 10.0 Å². The quantitative estimate of drug-likeness (QED) is 0.874. The summed E-state index contributed by atoms with van der Waals surface area (Å²) in [5.41, 5.74) is -0.994. The first-order valence-electron chi connectivity index (χ1n) is 6.18. The summed E-state index contributed by atoms with van der Waals surface area (Å²) in [5.74, 6) is 0. The van der Waals surface area contributed by atoms with Gasteiger partial charge < -0.3 is 4.90 Å². The van der Waals surface area contributed by atoms with E-state index in [9.17, 15) is 13.7 Å². The predicted octanol–water partition coefficient (Wildman–Crippen LogP) is 2.09. The number of thiophene rings is 1. The number of piperidine rings is 1. The number of likely N-dealkylation sites (tertiary alicyclic amines) is 1. The van der Waals surface area contributed by atoms with Crippen LogP contribution in [0.2, 0.25) is 0 Å². The molecular weight excluding hydrogens is 362 g/mol. The molecule has 0 saturated carbocycles. The first-order valence-corrected chi connectivity index (χ1v) is 9.27. The number of rotatable bonds is 3. The molecule has 0 aromatic carbocycles. The summed E-state index contributed by atoms with van der Waals surface area (Å²) in [6.07, 6.45) is 1.01. The topological polar surface area (TPSA) is 73.2 Å². The molecule has 5 nitrogen and oxygen atoms in total. The van der Waals surface area contributed by atoms with Crippen LogP contribution in [-0.4, -0.2) is 39.0 Å². The zero-order chi connectivity index (χ0) is 15.0. The Labute approximate surface area is 131 Å². The Balaban J connectivity index is 2.28. The van der Waals surface area contributed by atoms with Gasteiger partial charge in [-0.3, -0.25) is 0 Å². The maximum atomic E-state index is 12.5. The molecule has 1 N–H and O–H groups in total. The largest absolute Gasteiger partial charge is 0.306 e. The molecule has 1 aliphatic heterocycles. The van der Waals surface area contributed by atoms with Gasteiger partial charge in [0.2, 0.25) is 10.0 Å². The Bertz CT molecular complexity index is 640. The second-order valence-electron chi connectivity index (χ2n) is 5.07. The summed E-state index contributed by atoms with van der Waals surface area (Å²) in [7, 11) is -1.70. The van der Waals surface area contributed by atoms with E-state index in [1.807, 2.05) is 7.05 Å². The van der Waals surface area contributed by atoms with Crippen LogP contribution < -0.4 is 4.72 Å². The van der Waals surface area contributed by atoms with Crippen molar-refractivity contribution in [2.45, 2.75) is 30.2 Å². The van der Waals surface area contributed by atoms with Crippen molar-refractivity contribution in [2.75, 3.05) is 20.1 Å². The predicted molar refractivity (Wildman–Crippen MR) is 82.2 cm³/mol. The lowest BCUT2D eigenvalue weighted by molar-refractivity contribution is 0.213. The molecule has 1 saturated heterocycles. The number of aryl methyl sites for hydroxylation is 1. The summed E-state index contributed by atoms with van der Waals surface area (Å²) in [5, 5.41) is 9.41. The Morgan fingerprint density at radius 2 is 2.10 bits per heavy atom. The van der Waals surface area contributed by atoms with Crippen molar-refractivity contribution in [1.29, 1.82) is 5.26 Å². The molecule has 1 aliphatic rings. The lowest BCUT2D eigenvalue weighted by Gasteiger charge is -2.35. The summed E-state index contributed by atoms with van der Waals surface area (Å²) in [6, 6.07) is 3.75. The zero-order valence-electron chi connectivity index (χ0n) is 11.3. The molecule has 0 amide bonds. The van der Waals surface area contributed by atoms with Crippen molar-refractivity contribution in [3.8, 4) is 6.07 Å². The van der Waals surface area contributed by atoms with Crippen molar-refractivity contribution in [1.82, 2.24) is 9.62 Å². The number of sulfonamides is 1. The highest BCUT2D eigenvalue weighted by Crippen LogP contribution is 2.31. The van der Waals surface area contributed by atoms with Crippen molar-refractivity contribution in [3.05, 3.63) is 14.7 Å². The third-order valence-corrected chi connectivity index (χ3v) is 6.86. The maximum absolute atomic E-state index is 12.5. The number of halogens is 1. The summed E-state index contributed by atoms with van der Waals surface area (Å²) in [6.45, 7) is 3.18. The number of nitriles is 1. The molecule has 1 fully saturated rings. The third kappa shape index (κ3) is 3.23. The van der Waals surface area contributed by atoms with Crippen molar-refractivity contribution < 1.29 is 8.42 Å². The van der Waals surface area contributed by atoms with E-state index < -0.39 is 15.6 Å². The first kappa shape index (κ1) is 15.9. The van der Waals surface area contributed by atoms with Gasteiger partial charge in [0, 0.05) is 18.0 Å². The monoisotopic (exact) mass is 377 g/mol. The van der Waals surface area contributed by atoms with Crippen molar-refractivity contribution in [2.24, 2.45) is 0 Å². The highest BCUT2D eigenvalue weighted by atomic mass is 79.9. The summed E-state index contributed by atoms with van der Waals surface area (Å²) >= 11 is 4.67. The minimum atomic E-state index is -3.67. The van der Waals surface area contributed by atoms with Gasteiger partial charge in [-0.05, 0) is 48.8 Å². The standard InChI is InChI=1S/C12H16BrN3O2S2/c1-9-10(7-11(13)19-9)20(17,18)15-12(8-14)3-5-16(2)6-4-12/h7,15H,3-6H2,1-2H3. The molecular formula is C12H16BrN3O2S2. The lowest BCUT2D eigenvalue weighted by Crippen LogP contribution is -2.53. The normalized spacial score (nSPS) is 19.7. The lowest BCUT2D eigenvalue weighted by atomic mass is 9.91. The van der Waals surface area contributed by atoms with Gasteiger partial charge in [-0.25, -0.2) is 8.42 Å². The van der Waals surface area contributed by atoms with Gasteiger partial charge in [0.1, 0.15) is 5.54 Å². The summed E-state index contributed by atoms with van der Waals surface area (Å²) < 4.78 is 28.4. The number of nitrogens with zero attached hydrogens (tertiary/aromatic N) is 2. The molecule has 2 heterocycles. The minimum Gasteiger partial charge on any atom is -0.306 e. The SMILES string of the molecule is Cc1sc(Br)cc1S(=O)(=O)NC1(C#N)CCN(C)CC1. The first-order chi connectivity index (χ1) is 9.28. The molecule has 2 rings (SSSR count). The fourth-order valence-electron chi connectivity index (χ4n) is 2.25. The smallest absolute Gasteiger partial charge is 0.243 e. The van der Waals surface area contributed by atoms with Crippen molar-refractivity contribution in [3.63, 3.8) is 0 Å². The highest BCUT2D eigenvalue weighted by molar-refractivity contribution is 9.11. The molecule has 8 heteroatoms. The number of hydrogen-bond acceptors (Lipinski definition) is 5. The van der Waals surface area contributed by atoms with Crippen LogP contribution in [0.15, 0.2) is 14.7 Å². The van der Waals surface area contributed by atoms with Crippen LogP contribution in [0, 0.1) is 18.3 Å². The Morgan fingerprint density at radius 1 is 1.50 bits per heavy atom. The van der Waals surface area contributed by atoms with Crippen LogP contribution in [0.25, 0.3) is 0 Å². The van der Waals surface area contributed by atoms with Gasteiger partial charge in [0.25, 0.3) is 0 Å². The average molecular weight is 378 g/mol. The van der Waals surface area contributed by atoms with E-state index in [0.717, 1.165) is 3.79 Å². The van der Waals surface area contributed by atoms with Gasteiger partial charge >= 0.3 is 0 Å². The van der Waals surface area contributed by atoms with Crippen LogP contribution in [0.3, 0.4) is 0 Å². The van der Waals surface area contributed by atoms with Crippen LogP contribution in [0.1, 0.15) is 17.7 Å². The fourth-order valence-corrected chi connectivity index (χ4v) is 6.04. The van der Waals surface area contributed by atoms with E-state index >= 15 is 0 Å². The molecule has 0 bridgehead atoms. The fraction of sp³-hybridized carbons (Fsp3) is 0.583. The van der Waals surface area contributed by atoms with Crippen LogP contribution in [0.5, 0.6) is 0 Å². The van der Waals surface area contributed by atoms with E-state index in [4.69, 9.17) is 0 Å². The molecule has 110 valence electrons. The second-order valence-corrected chi connectivity index (χ2v) is 9.36. The zero-order valence-corrected chi connectivity index (χ0v) is 14.5. The molecule has 0 unspecified atom stereocenters. The maximum Gasteiger partial charge on any atom is 0.243 e. The van der Waals surface area contributed by atoms with Gasteiger partial charge in [-0.1, -0.05) is 0 Å². The number of hydrogen-bond donors (Lipinski definition) is 1. The third-order valence-electron chi connectivity index (χ3n) is 3.52. The molecule has 1 aromatic heterocycles. The summed E-state index contributed by atoms with van der Waals surface area (Å²) in [4.78, 5) is 3.06. The molecule has 20 heavy (non-hydrogen) atoms. The van der Waals surface area contributed by atoms with Gasteiger partial charge in [0.15, 0.2) is 0 Å².